The third kappa shape index (κ3) is 3.24. The monoisotopic (exact) mass is 321 g/mol. The van der Waals surface area contributed by atoms with Crippen LogP contribution in [0.25, 0.3) is 0 Å². The lowest BCUT2D eigenvalue weighted by Crippen LogP contribution is -2.55. The molecule has 3 rings (SSSR count). The molecule has 1 aromatic heterocycles. The summed E-state index contributed by atoms with van der Waals surface area (Å²) in [4.78, 5) is 37.8. The number of ether oxygens (including phenoxy) is 1. The zero-order chi connectivity index (χ0) is 16.4. The Morgan fingerprint density at radius 1 is 1.26 bits per heavy atom. The highest BCUT2D eigenvalue weighted by Crippen LogP contribution is 2.34. The van der Waals surface area contributed by atoms with Crippen molar-refractivity contribution in [1.82, 2.24) is 14.0 Å². The number of morpholine rings is 1. The molecule has 7 heteroatoms. The molecule has 2 fully saturated rings. The summed E-state index contributed by atoms with van der Waals surface area (Å²) in [5.74, 6) is -0.0982. The van der Waals surface area contributed by atoms with E-state index in [-0.39, 0.29) is 23.6 Å². The Labute approximate surface area is 134 Å². The normalized spacial score (nSPS) is 20.7. The molecule has 1 amide bonds. The Morgan fingerprint density at radius 3 is 2.74 bits per heavy atom. The SMILES string of the molecule is Cn1c(=O)ccn(CC(=O)N2CCOC3(CCCCC3)C2)c1=O. The van der Waals surface area contributed by atoms with Crippen molar-refractivity contribution in [3.8, 4) is 0 Å². The van der Waals surface area contributed by atoms with E-state index in [1.807, 2.05) is 0 Å². The highest BCUT2D eigenvalue weighted by atomic mass is 16.5. The van der Waals surface area contributed by atoms with Crippen LogP contribution < -0.4 is 11.2 Å². The fourth-order valence-electron chi connectivity index (χ4n) is 3.54. The zero-order valence-electron chi connectivity index (χ0n) is 13.5. The molecule has 0 atom stereocenters. The lowest BCUT2D eigenvalue weighted by atomic mass is 9.83. The quantitative estimate of drug-likeness (QED) is 0.775. The molecule has 0 unspecified atom stereocenters. The van der Waals surface area contributed by atoms with Crippen LogP contribution in [0, 0.1) is 0 Å². The van der Waals surface area contributed by atoms with Crippen LogP contribution in [0.2, 0.25) is 0 Å². The summed E-state index contributed by atoms with van der Waals surface area (Å²) in [6.07, 6.45) is 6.89. The fourth-order valence-corrected chi connectivity index (χ4v) is 3.54. The van der Waals surface area contributed by atoms with Crippen LogP contribution in [-0.2, 0) is 23.1 Å². The molecule has 0 N–H and O–H groups in total. The highest BCUT2D eigenvalue weighted by Gasteiger charge is 2.39. The first-order chi connectivity index (χ1) is 11.0. The average Bonchev–Trinajstić information content (AvgIpc) is 2.56. The molecule has 1 aliphatic heterocycles. The van der Waals surface area contributed by atoms with Crippen molar-refractivity contribution in [2.75, 3.05) is 19.7 Å². The first-order valence-corrected chi connectivity index (χ1v) is 8.19. The molecule has 2 aliphatic rings. The van der Waals surface area contributed by atoms with Crippen LogP contribution in [0.1, 0.15) is 32.1 Å². The van der Waals surface area contributed by atoms with E-state index in [0.29, 0.717) is 19.7 Å². The van der Waals surface area contributed by atoms with Gasteiger partial charge in [0.1, 0.15) is 6.54 Å². The topological polar surface area (TPSA) is 73.5 Å². The minimum Gasteiger partial charge on any atom is -0.371 e. The second-order valence-electron chi connectivity index (χ2n) is 6.53. The van der Waals surface area contributed by atoms with Crippen LogP contribution in [0.3, 0.4) is 0 Å². The summed E-state index contributed by atoms with van der Waals surface area (Å²) in [6, 6.07) is 1.30. The predicted octanol–water partition coefficient (Wildman–Crippen LogP) is 0.109. The summed E-state index contributed by atoms with van der Waals surface area (Å²) in [5, 5.41) is 0. The maximum atomic E-state index is 12.6. The zero-order valence-corrected chi connectivity index (χ0v) is 13.5. The Bertz CT molecular complexity index is 695. The van der Waals surface area contributed by atoms with Crippen LogP contribution in [0.15, 0.2) is 21.9 Å². The van der Waals surface area contributed by atoms with Gasteiger partial charge in [-0.1, -0.05) is 19.3 Å². The van der Waals surface area contributed by atoms with E-state index in [2.05, 4.69) is 0 Å². The number of hydrogen-bond acceptors (Lipinski definition) is 4. The maximum Gasteiger partial charge on any atom is 0.331 e. The van der Waals surface area contributed by atoms with Crippen molar-refractivity contribution < 1.29 is 9.53 Å². The fraction of sp³-hybridized carbons (Fsp3) is 0.688. The second-order valence-corrected chi connectivity index (χ2v) is 6.53. The van der Waals surface area contributed by atoms with Crippen molar-refractivity contribution in [2.24, 2.45) is 7.05 Å². The lowest BCUT2D eigenvalue weighted by Gasteiger charge is -2.45. The van der Waals surface area contributed by atoms with Crippen molar-refractivity contribution in [3.05, 3.63) is 33.1 Å². The van der Waals surface area contributed by atoms with E-state index >= 15 is 0 Å². The van der Waals surface area contributed by atoms with Gasteiger partial charge >= 0.3 is 5.69 Å². The lowest BCUT2D eigenvalue weighted by molar-refractivity contribution is -0.156. The van der Waals surface area contributed by atoms with E-state index in [1.165, 1.54) is 30.3 Å². The molecule has 1 aliphatic carbocycles. The van der Waals surface area contributed by atoms with Gasteiger partial charge in [-0.25, -0.2) is 4.79 Å². The first kappa shape index (κ1) is 16.0. The Hall–Kier alpha value is -1.89. The van der Waals surface area contributed by atoms with E-state index in [0.717, 1.165) is 30.3 Å². The molecular weight excluding hydrogens is 298 g/mol. The average molecular weight is 321 g/mol. The smallest absolute Gasteiger partial charge is 0.331 e. The van der Waals surface area contributed by atoms with Gasteiger partial charge in [0.25, 0.3) is 5.56 Å². The van der Waals surface area contributed by atoms with Gasteiger partial charge in [-0.3, -0.25) is 18.7 Å². The van der Waals surface area contributed by atoms with Crippen LogP contribution in [0.4, 0.5) is 0 Å². The van der Waals surface area contributed by atoms with Gasteiger partial charge in [0.05, 0.1) is 12.2 Å². The number of nitrogens with zero attached hydrogens (tertiary/aromatic N) is 3. The van der Waals surface area contributed by atoms with Crippen molar-refractivity contribution >= 4 is 5.91 Å². The molecule has 0 radical (unpaired) electrons. The number of rotatable bonds is 2. The molecule has 126 valence electrons. The van der Waals surface area contributed by atoms with E-state index in [4.69, 9.17) is 4.74 Å². The number of aromatic nitrogens is 2. The van der Waals surface area contributed by atoms with Crippen molar-refractivity contribution in [3.63, 3.8) is 0 Å². The summed E-state index contributed by atoms with van der Waals surface area (Å²) in [5.41, 5.74) is -1.03. The van der Waals surface area contributed by atoms with Gasteiger partial charge in [0.15, 0.2) is 0 Å². The molecule has 1 spiro atoms. The largest absolute Gasteiger partial charge is 0.371 e. The number of carbonyl (C=O) groups excluding carboxylic acids is 1. The van der Waals surface area contributed by atoms with Crippen LogP contribution in [-0.4, -0.2) is 45.2 Å². The summed E-state index contributed by atoms with van der Waals surface area (Å²) in [7, 11) is 1.41. The molecule has 23 heavy (non-hydrogen) atoms. The Morgan fingerprint density at radius 2 is 2.00 bits per heavy atom. The standard InChI is InChI=1S/C16H23N3O4/c1-17-13(20)5-8-18(15(17)22)11-14(21)19-9-10-23-16(12-19)6-3-2-4-7-16/h5,8H,2-4,6-7,9-12H2,1H3. The highest BCUT2D eigenvalue weighted by molar-refractivity contribution is 5.76. The van der Waals surface area contributed by atoms with Gasteiger partial charge in [-0.15, -0.1) is 0 Å². The molecule has 1 aromatic rings. The number of hydrogen-bond donors (Lipinski definition) is 0. The van der Waals surface area contributed by atoms with Crippen molar-refractivity contribution in [2.45, 2.75) is 44.2 Å². The molecule has 0 aromatic carbocycles. The van der Waals surface area contributed by atoms with Crippen LogP contribution in [0.5, 0.6) is 0 Å². The molecule has 7 nitrogen and oxygen atoms in total. The van der Waals surface area contributed by atoms with Gasteiger partial charge in [-0.05, 0) is 12.8 Å². The number of carbonyl (C=O) groups is 1. The third-order valence-corrected chi connectivity index (χ3v) is 4.93. The summed E-state index contributed by atoms with van der Waals surface area (Å²) < 4.78 is 8.28. The molecule has 1 saturated carbocycles. The first-order valence-electron chi connectivity index (χ1n) is 8.19. The molecule has 0 bridgehead atoms. The van der Waals surface area contributed by atoms with Gasteiger partial charge in [0, 0.05) is 32.4 Å². The van der Waals surface area contributed by atoms with E-state index < -0.39 is 5.69 Å². The maximum absolute atomic E-state index is 12.6. The van der Waals surface area contributed by atoms with Gasteiger partial charge < -0.3 is 9.64 Å². The molecular formula is C16H23N3O4. The molecule has 1 saturated heterocycles. The Kier molecular flexibility index (Phi) is 4.39. The third-order valence-electron chi connectivity index (χ3n) is 4.93. The van der Waals surface area contributed by atoms with Crippen molar-refractivity contribution in [1.29, 1.82) is 0 Å². The number of amides is 1. The summed E-state index contributed by atoms with van der Waals surface area (Å²) in [6.45, 7) is 1.67. The van der Waals surface area contributed by atoms with Crippen LogP contribution >= 0.6 is 0 Å². The van der Waals surface area contributed by atoms with Gasteiger partial charge in [-0.2, -0.15) is 0 Å². The van der Waals surface area contributed by atoms with E-state index in [1.54, 1.807) is 4.90 Å². The minimum atomic E-state index is -0.466. The Balaban J connectivity index is 1.72. The summed E-state index contributed by atoms with van der Waals surface area (Å²) >= 11 is 0. The molecule has 2 heterocycles. The predicted molar refractivity (Wildman–Crippen MR) is 84.3 cm³/mol. The van der Waals surface area contributed by atoms with E-state index in [9.17, 15) is 14.4 Å². The second kappa shape index (κ2) is 6.31. The minimum absolute atomic E-state index is 0.0387. The van der Waals surface area contributed by atoms with Gasteiger partial charge in [0.2, 0.25) is 5.91 Å².